The Labute approximate surface area is 338 Å². The predicted octanol–water partition coefficient (Wildman–Crippen LogP) is 13.3. The summed E-state index contributed by atoms with van der Waals surface area (Å²) in [5, 5.41) is 2.35. The fourth-order valence-electron chi connectivity index (χ4n) is 9.25. The third kappa shape index (κ3) is 6.14. The summed E-state index contributed by atoms with van der Waals surface area (Å²) in [6.07, 6.45) is 10.3. The molecule has 4 nitrogen and oxygen atoms in total. The lowest BCUT2D eigenvalue weighted by Gasteiger charge is -2.35. The monoisotopic (exact) mass is 744 g/mol. The minimum atomic E-state index is 0.458. The Morgan fingerprint density at radius 2 is 1.03 bits per heavy atom. The van der Waals surface area contributed by atoms with E-state index in [1.807, 2.05) is 36.4 Å². The molecule has 0 amide bonds. The zero-order valence-electron chi connectivity index (χ0n) is 32.0. The van der Waals surface area contributed by atoms with Gasteiger partial charge in [0.1, 0.15) is 0 Å². The highest BCUT2D eigenvalue weighted by atomic mass is 15.0. The van der Waals surface area contributed by atoms with Crippen LogP contribution in [0.1, 0.15) is 35.4 Å². The van der Waals surface area contributed by atoms with Crippen molar-refractivity contribution in [3.05, 3.63) is 211 Å². The lowest BCUT2D eigenvalue weighted by molar-refractivity contribution is 0.497. The Balaban J connectivity index is 1.08. The van der Waals surface area contributed by atoms with Crippen LogP contribution in [0, 0.1) is 5.92 Å². The van der Waals surface area contributed by atoms with Gasteiger partial charge in [-0.1, -0.05) is 152 Å². The number of para-hydroxylation sites is 1. The molecule has 276 valence electrons. The molecule has 0 saturated heterocycles. The summed E-state index contributed by atoms with van der Waals surface area (Å²) in [7, 11) is 0. The summed E-state index contributed by atoms with van der Waals surface area (Å²) in [4.78, 5) is 15.1. The third-order valence-electron chi connectivity index (χ3n) is 12.0. The van der Waals surface area contributed by atoms with Crippen molar-refractivity contribution in [2.45, 2.75) is 25.2 Å². The van der Waals surface area contributed by atoms with Crippen LogP contribution in [-0.2, 0) is 6.42 Å². The number of aromatic nitrogens is 4. The SMILES string of the molecule is C1=CCC2CC(Cc3ccccc3)c3cc(-c4ccc5c(c4)c4cc(-c6nc(-c7ccccc7)nc(-c7ccccc7)n6)ccc4n5-c4ccccc4)ccc3C2=C1. The van der Waals surface area contributed by atoms with Gasteiger partial charge in [-0.15, -0.1) is 0 Å². The van der Waals surface area contributed by atoms with E-state index in [-0.39, 0.29) is 0 Å². The van der Waals surface area contributed by atoms with E-state index in [1.165, 1.54) is 45.2 Å². The number of fused-ring (bicyclic) bond motifs is 6. The minimum absolute atomic E-state index is 0.458. The summed E-state index contributed by atoms with van der Waals surface area (Å²) in [5.74, 6) is 2.99. The molecule has 2 heterocycles. The largest absolute Gasteiger partial charge is 0.309 e. The molecule has 0 bridgehead atoms. The zero-order valence-corrected chi connectivity index (χ0v) is 32.0. The van der Waals surface area contributed by atoms with Crippen molar-refractivity contribution in [3.8, 4) is 51.0 Å². The molecule has 9 aromatic rings. The Hall–Kier alpha value is -7.17. The van der Waals surface area contributed by atoms with Crippen molar-refractivity contribution >= 4 is 27.4 Å². The van der Waals surface area contributed by atoms with Crippen LogP contribution in [-0.4, -0.2) is 19.5 Å². The molecule has 0 aliphatic heterocycles. The fraction of sp³-hybridized carbons (Fsp3) is 0.0926. The second-order valence-corrected chi connectivity index (χ2v) is 15.6. The van der Waals surface area contributed by atoms with Crippen molar-refractivity contribution in [1.29, 1.82) is 0 Å². The molecule has 0 saturated carbocycles. The molecule has 11 rings (SSSR count). The van der Waals surface area contributed by atoms with E-state index in [1.54, 1.807) is 0 Å². The topological polar surface area (TPSA) is 43.6 Å². The molecule has 0 N–H and O–H groups in total. The Kier molecular flexibility index (Phi) is 8.47. The van der Waals surface area contributed by atoms with E-state index in [0.29, 0.717) is 29.3 Å². The van der Waals surface area contributed by atoms with Gasteiger partial charge in [0.2, 0.25) is 0 Å². The van der Waals surface area contributed by atoms with Gasteiger partial charge in [0, 0.05) is 33.2 Å². The molecule has 0 radical (unpaired) electrons. The quantitative estimate of drug-likeness (QED) is 0.163. The van der Waals surface area contributed by atoms with Gasteiger partial charge in [0.15, 0.2) is 17.5 Å². The lowest BCUT2D eigenvalue weighted by Crippen LogP contribution is -2.20. The highest BCUT2D eigenvalue weighted by molar-refractivity contribution is 6.11. The van der Waals surface area contributed by atoms with Gasteiger partial charge in [-0.3, -0.25) is 0 Å². The number of hydrogen-bond acceptors (Lipinski definition) is 3. The highest BCUT2D eigenvalue weighted by Crippen LogP contribution is 2.48. The number of nitrogens with zero attached hydrogens (tertiary/aromatic N) is 4. The van der Waals surface area contributed by atoms with E-state index >= 15 is 0 Å². The van der Waals surface area contributed by atoms with Crippen LogP contribution >= 0.6 is 0 Å². The van der Waals surface area contributed by atoms with E-state index in [9.17, 15) is 0 Å². The molecule has 2 aliphatic rings. The molecule has 58 heavy (non-hydrogen) atoms. The van der Waals surface area contributed by atoms with E-state index < -0.39 is 0 Å². The van der Waals surface area contributed by atoms with Crippen LogP contribution in [0.5, 0.6) is 0 Å². The summed E-state index contributed by atoms with van der Waals surface area (Å²) in [6.45, 7) is 0. The van der Waals surface area contributed by atoms with Crippen molar-refractivity contribution < 1.29 is 0 Å². The predicted molar refractivity (Wildman–Crippen MR) is 239 cm³/mol. The maximum atomic E-state index is 5.09. The first-order valence-electron chi connectivity index (χ1n) is 20.3. The molecule has 0 spiro atoms. The van der Waals surface area contributed by atoms with E-state index in [4.69, 9.17) is 15.0 Å². The van der Waals surface area contributed by atoms with Crippen molar-refractivity contribution in [2.75, 3.05) is 0 Å². The molecule has 7 aromatic carbocycles. The first-order valence-corrected chi connectivity index (χ1v) is 20.3. The van der Waals surface area contributed by atoms with Gasteiger partial charge in [0.25, 0.3) is 0 Å². The smallest absolute Gasteiger partial charge is 0.164 e. The van der Waals surface area contributed by atoms with Crippen molar-refractivity contribution in [2.24, 2.45) is 5.92 Å². The average molecular weight is 745 g/mol. The molecule has 4 heteroatoms. The average Bonchev–Trinajstić information content (AvgIpc) is 3.63. The first kappa shape index (κ1) is 34.1. The van der Waals surface area contributed by atoms with Gasteiger partial charge >= 0.3 is 0 Å². The van der Waals surface area contributed by atoms with Crippen LogP contribution in [0.25, 0.3) is 78.4 Å². The van der Waals surface area contributed by atoms with E-state index in [2.05, 4.69) is 162 Å². The van der Waals surface area contributed by atoms with Crippen LogP contribution in [0.3, 0.4) is 0 Å². The van der Waals surface area contributed by atoms with E-state index in [0.717, 1.165) is 51.6 Å². The number of allylic oxidation sites excluding steroid dienone is 4. The molecule has 2 aromatic heterocycles. The van der Waals surface area contributed by atoms with Crippen molar-refractivity contribution in [1.82, 2.24) is 19.5 Å². The maximum Gasteiger partial charge on any atom is 0.164 e. The standard InChI is InChI=1S/C54H40N4/c1-5-15-36(16-6-1)31-43-32-41-21-13-14-24-45(41)46-28-25-39(33-47(43)46)40-26-29-50-48(34-40)49-35-42(27-30-51(49)58(50)44-22-11-4-12-23-44)54-56-52(37-17-7-2-8-18-37)55-53(57-54)38-19-9-3-10-20-38/h1-20,22-30,33-35,41,43H,21,31-32H2. The summed E-state index contributed by atoms with van der Waals surface area (Å²) in [6, 6.07) is 62.9. The normalized spacial score (nSPS) is 15.9. The molecule has 0 fully saturated rings. The Morgan fingerprint density at radius 1 is 0.500 bits per heavy atom. The van der Waals surface area contributed by atoms with Crippen LogP contribution in [0.15, 0.2) is 194 Å². The maximum absolute atomic E-state index is 5.09. The number of benzene rings is 7. The Bertz CT molecular complexity index is 2960. The zero-order chi connectivity index (χ0) is 38.4. The van der Waals surface area contributed by atoms with Gasteiger partial charge < -0.3 is 4.57 Å². The summed E-state index contributed by atoms with van der Waals surface area (Å²) < 4.78 is 2.38. The third-order valence-corrected chi connectivity index (χ3v) is 12.0. The molecule has 2 aliphatic carbocycles. The fourth-order valence-corrected chi connectivity index (χ4v) is 9.25. The summed E-state index contributed by atoms with van der Waals surface area (Å²) >= 11 is 0. The first-order chi connectivity index (χ1) is 28.7. The summed E-state index contributed by atoms with van der Waals surface area (Å²) in [5.41, 5.74) is 14.5. The highest BCUT2D eigenvalue weighted by Gasteiger charge is 2.31. The van der Waals surface area contributed by atoms with Crippen LogP contribution in [0.4, 0.5) is 0 Å². The molecular formula is C54H40N4. The van der Waals surface area contributed by atoms with Gasteiger partial charge in [-0.25, -0.2) is 15.0 Å². The van der Waals surface area contributed by atoms with Gasteiger partial charge in [-0.05, 0) is 107 Å². The van der Waals surface area contributed by atoms with Crippen LogP contribution < -0.4 is 0 Å². The van der Waals surface area contributed by atoms with Gasteiger partial charge in [-0.2, -0.15) is 0 Å². The number of hydrogen-bond donors (Lipinski definition) is 0. The van der Waals surface area contributed by atoms with Gasteiger partial charge in [0.05, 0.1) is 11.0 Å². The second kappa shape index (κ2) is 14.4. The Morgan fingerprint density at radius 3 is 1.69 bits per heavy atom. The molecule has 2 unspecified atom stereocenters. The van der Waals surface area contributed by atoms with Crippen LogP contribution in [0.2, 0.25) is 0 Å². The molecule has 2 atom stereocenters. The van der Waals surface area contributed by atoms with Crippen molar-refractivity contribution in [3.63, 3.8) is 0 Å². The lowest BCUT2D eigenvalue weighted by atomic mass is 9.69. The molecular weight excluding hydrogens is 705 g/mol. The minimum Gasteiger partial charge on any atom is -0.309 e. The second-order valence-electron chi connectivity index (χ2n) is 15.6. The number of rotatable bonds is 7.